The summed E-state index contributed by atoms with van der Waals surface area (Å²) >= 11 is 0. The fraction of sp³-hybridized carbons (Fsp3) is 0.692. The smallest absolute Gasteiger partial charge is 0.255 e. The van der Waals surface area contributed by atoms with Crippen LogP contribution in [0.5, 0.6) is 0 Å². The average molecular weight is 251 g/mol. The van der Waals surface area contributed by atoms with Crippen molar-refractivity contribution < 1.29 is 4.74 Å². The van der Waals surface area contributed by atoms with Gasteiger partial charge in [0.05, 0.1) is 5.56 Å². The van der Waals surface area contributed by atoms with E-state index < -0.39 is 5.60 Å². The van der Waals surface area contributed by atoms with E-state index in [2.05, 4.69) is 16.9 Å². The normalized spacial score (nSPS) is 28.3. The van der Waals surface area contributed by atoms with Gasteiger partial charge >= 0.3 is 0 Å². The number of aromatic nitrogens is 2. The van der Waals surface area contributed by atoms with E-state index in [1.54, 1.807) is 14.0 Å². The molecule has 0 aromatic carbocycles. The van der Waals surface area contributed by atoms with Crippen LogP contribution in [0.25, 0.3) is 0 Å². The van der Waals surface area contributed by atoms with Gasteiger partial charge in [-0.3, -0.25) is 4.79 Å². The highest BCUT2D eigenvalue weighted by Gasteiger charge is 2.39. The molecule has 2 unspecified atom stereocenters. The zero-order valence-electron chi connectivity index (χ0n) is 11.2. The van der Waals surface area contributed by atoms with E-state index in [-0.39, 0.29) is 5.56 Å². The van der Waals surface area contributed by atoms with Crippen molar-refractivity contribution in [2.75, 3.05) is 12.8 Å². The Morgan fingerprint density at radius 1 is 1.56 bits per heavy atom. The molecular weight excluding hydrogens is 230 g/mol. The molecule has 0 amide bonds. The third-order valence-corrected chi connectivity index (χ3v) is 3.97. The Morgan fingerprint density at radius 2 is 2.28 bits per heavy atom. The van der Waals surface area contributed by atoms with Crippen LogP contribution in [0.3, 0.4) is 0 Å². The summed E-state index contributed by atoms with van der Waals surface area (Å²) in [6.07, 6.45) is 4.01. The van der Waals surface area contributed by atoms with Gasteiger partial charge in [0.15, 0.2) is 0 Å². The number of methoxy groups -OCH3 is 1. The van der Waals surface area contributed by atoms with Gasteiger partial charge in [-0.15, -0.1) is 0 Å². The van der Waals surface area contributed by atoms with Crippen molar-refractivity contribution in [3.05, 3.63) is 21.7 Å². The van der Waals surface area contributed by atoms with E-state index in [0.717, 1.165) is 19.3 Å². The number of nitrogens with two attached hydrogens (primary N) is 1. The summed E-state index contributed by atoms with van der Waals surface area (Å²) in [5.41, 5.74) is 5.59. The Kier molecular flexibility index (Phi) is 3.43. The van der Waals surface area contributed by atoms with Gasteiger partial charge < -0.3 is 15.5 Å². The van der Waals surface area contributed by atoms with Crippen LogP contribution in [0, 0.1) is 12.8 Å². The summed E-state index contributed by atoms with van der Waals surface area (Å²) in [5.74, 6) is 1.43. The van der Waals surface area contributed by atoms with Gasteiger partial charge in [-0.1, -0.05) is 13.3 Å². The molecule has 100 valence electrons. The van der Waals surface area contributed by atoms with Crippen LogP contribution in [-0.4, -0.2) is 17.1 Å². The number of H-pyrrole nitrogens is 1. The summed E-state index contributed by atoms with van der Waals surface area (Å²) in [4.78, 5) is 19.0. The molecule has 0 aliphatic heterocycles. The predicted molar refractivity (Wildman–Crippen MR) is 70.3 cm³/mol. The molecule has 0 radical (unpaired) electrons. The highest BCUT2D eigenvalue weighted by molar-refractivity contribution is 5.37. The first-order valence-corrected chi connectivity index (χ1v) is 6.40. The number of nitrogens with one attached hydrogen (secondary N) is 1. The average Bonchev–Trinajstić information content (AvgIpc) is 2.35. The number of ether oxygens (including phenoxy) is 1. The number of hydrogen-bond donors (Lipinski definition) is 2. The molecule has 1 aliphatic carbocycles. The quantitative estimate of drug-likeness (QED) is 0.838. The Balaban J connectivity index is 2.47. The summed E-state index contributed by atoms with van der Waals surface area (Å²) < 4.78 is 5.70. The second kappa shape index (κ2) is 4.72. The van der Waals surface area contributed by atoms with E-state index in [9.17, 15) is 4.79 Å². The van der Waals surface area contributed by atoms with Gasteiger partial charge in [-0.05, 0) is 32.1 Å². The fourth-order valence-electron chi connectivity index (χ4n) is 2.77. The molecule has 2 rings (SSSR count). The minimum Gasteiger partial charge on any atom is -0.383 e. The lowest BCUT2D eigenvalue weighted by molar-refractivity contribution is -0.0647. The molecular formula is C13H21N3O2. The van der Waals surface area contributed by atoms with Crippen LogP contribution in [0.15, 0.2) is 4.79 Å². The molecule has 1 aliphatic rings. The van der Waals surface area contributed by atoms with Crippen LogP contribution in [0.4, 0.5) is 5.82 Å². The number of hydrogen-bond acceptors (Lipinski definition) is 4. The van der Waals surface area contributed by atoms with Gasteiger partial charge in [0.2, 0.25) is 0 Å². The molecule has 1 heterocycles. The van der Waals surface area contributed by atoms with Crippen molar-refractivity contribution >= 4 is 5.82 Å². The lowest BCUT2D eigenvalue weighted by Crippen LogP contribution is -2.38. The van der Waals surface area contributed by atoms with Crippen molar-refractivity contribution in [2.45, 2.75) is 45.1 Å². The van der Waals surface area contributed by atoms with Crippen LogP contribution in [0.2, 0.25) is 0 Å². The maximum Gasteiger partial charge on any atom is 0.255 e. The van der Waals surface area contributed by atoms with Crippen molar-refractivity contribution in [3.63, 3.8) is 0 Å². The Morgan fingerprint density at radius 3 is 2.83 bits per heavy atom. The molecule has 18 heavy (non-hydrogen) atoms. The van der Waals surface area contributed by atoms with Gasteiger partial charge in [-0.25, -0.2) is 4.98 Å². The molecule has 1 aromatic rings. The molecule has 1 aromatic heterocycles. The second-order valence-corrected chi connectivity index (χ2v) is 5.32. The highest BCUT2D eigenvalue weighted by atomic mass is 16.5. The molecule has 0 saturated heterocycles. The summed E-state index contributed by atoms with van der Waals surface area (Å²) in [7, 11) is 1.67. The summed E-state index contributed by atoms with van der Waals surface area (Å²) in [6.45, 7) is 3.87. The van der Waals surface area contributed by atoms with Crippen molar-refractivity contribution in [3.8, 4) is 0 Å². The van der Waals surface area contributed by atoms with Crippen molar-refractivity contribution in [1.82, 2.24) is 9.97 Å². The molecule has 1 fully saturated rings. The summed E-state index contributed by atoms with van der Waals surface area (Å²) in [5, 5.41) is 0. The minimum absolute atomic E-state index is 0.174. The van der Waals surface area contributed by atoms with E-state index in [1.807, 2.05) is 0 Å². The molecule has 1 saturated carbocycles. The largest absolute Gasteiger partial charge is 0.383 e. The molecule has 3 N–H and O–H groups in total. The maximum absolute atomic E-state index is 11.8. The van der Waals surface area contributed by atoms with Crippen molar-refractivity contribution in [2.24, 2.45) is 5.92 Å². The first kappa shape index (κ1) is 13.1. The lowest BCUT2D eigenvalue weighted by atomic mass is 9.78. The topological polar surface area (TPSA) is 81.0 Å². The standard InChI is InChI=1S/C13H21N3O2/c1-8-5-4-6-13(7-8,18-3)12-15-10(14)9(2)11(17)16-12/h8H,4-7H2,1-3H3,(H3,14,15,16,17). The van der Waals surface area contributed by atoms with Gasteiger partial charge in [0, 0.05) is 7.11 Å². The number of rotatable bonds is 2. The molecule has 5 heteroatoms. The minimum atomic E-state index is -0.487. The van der Waals surface area contributed by atoms with Crippen LogP contribution in [-0.2, 0) is 10.3 Å². The number of nitrogen functional groups attached to an aromatic ring is 1. The lowest BCUT2D eigenvalue weighted by Gasteiger charge is -2.37. The molecule has 0 bridgehead atoms. The van der Waals surface area contributed by atoms with Crippen LogP contribution in [0.1, 0.15) is 44.0 Å². The first-order chi connectivity index (χ1) is 8.48. The maximum atomic E-state index is 11.8. The third-order valence-electron chi connectivity index (χ3n) is 3.97. The van der Waals surface area contributed by atoms with Gasteiger partial charge in [-0.2, -0.15) is 0 Å². The Bertz CT molecular complexity index is 497. The monoisotopic (exact) mass is 251 g/mol. The molecule has 2 atom stereocenters. The zero-order valence-corrected chi connectivity index (χ0v) is 11.2. The first-order valence-electron chi connectivity index (χ1n) is 6.40. The Hall–Kier alpha value is -1.36. The summed E-state index contributed by atoms with van der Waals surface area (Å²) in [6, 6.07) is 0. The zero-order chi connectivity index (χ0) is 13.3. The molecule has 0 spiro atoms. The number of aromatic amines is 1. The second-order valence-electron chi connectivity index (χ2n) is 5.32. The van der Waals surface area contributed by atoms with E-state index in [1.165, 1.54) is 6.42 Å². The van der Waals surface area contributed by atoms with Crippen LogP contribution >= 0.6 is 0 Å². The number of nitrogens with zero attached hydrogens (tertiary/aromatic N) is 1. The number of anilines is 1. The van der Waals surface area contributed by atoms with E-state index in [0.29, 0.717) is 23.1 Å². The van der Waals surface area contributed by atoms with E-state index >= 15 is 0 Å². The van der Waals surface area contributed by atoms with Crippen LogP contribution < -0.4 is 11.3 Å². The van der Waals surface area contributed by atoms with Gasteiger partial charge in [0.25, 0.3) is 5.56 Å². The van der Waals surface area contributed by atoms with Crippen molar-refractivity contribution in [1.29, 1.82) is 0 Å². The Labute approximate surface area is 107 Å². The fourth-order valence-corrected chi connectivity index (χ4v) is 2.77. The molecule has 5 nitrogen and oxygen atoms in total. The van der Waals surface area contributed by atoms with Gasteiger partial charge in [0.1, 0.15) is 17.2 Å². The third kappa shape index (κ3) is 2.14. The predicted octanol–water partition coefficient (Wildman–Crippen LogP) is 1.71. The SMILES string of the molecule is COC1(c2nc(N)c(C)c(=O)[nH]2)CCCC(C)C1. The van der Waals surface area contributed by atoms with E-state index in [4.69, 9.17) is 10.5 Å². The highest BCUT2D eigenvalue weighted by Crippen LogP contribution is 2.40.